The minimum absolute atomic E-state index is 0.0163. The number of rotatable bonds is 5. The van der Waals surface area contributed by atoms with Gasteiger partial charge in [-0.05, 0) is 56.0 Å². The number of aromatic nitrogens is 3. The molecule has 0 saturated carbocycles. The van der Waals surface area contributed by atoms with Crippen molar-refractivity contribution in [3.05, 3.63) is 66.5 Å². The molecule has 0 radical (unpaired) electrons. The van der Waals surface area contributed by atoms with E-state index in [1.807, 2.05) is 23.1 Å². The van der Waals surface area contributed by atoms with E-state index in [9.17, 15) is 9.18 Å². The van der Waals surface area contributed by atoms with Gasteiger partial charge in [-0.1, -0.05) is 6.07 Å². The summed E-state index contributed by atoms with van der Waals surface area (Å²) in [4.78, 5) is 28.6. The number of carbonyl (C=O) groups is 1. The topological polar surface area (TPSA) is 80.2 Å². The first-order valence-corrected chi connectivity index (χ1v) is 10.9. The number of ether oxygens (including phenoxy) is 1. The maximum atomic E-state index is 13.7. The van der Waals surface area contributed by atoms with Crippen molar-refractivity contribution in [2.45, 2.75) is 37.8 Å². The van der Waals surface area contributed by atoms with Gasteiger partial charge in [0.25, 0.3) is 5.91 Å². The third-order valence-electron chi connectivity index (χ3n) is 5.86. The molecule has 8 heteroatoms. The Hall–Kier alpha value is -3.39. The predicted octanol–water partition coefficient (Wildman–Crippen LogP) is 4.26. The van der Waals surface area contributed by atoms with Crippen molar-refractivity contribution in [2.75, 3.05) is 18.5 Å². The molecule has 2 aromatic heterocycles. The van der Waals surface area contributed by atoms with Gasteiger partial charge >= 0.3 is 0 Å². The average Bonchev–Trinajstić information content (AvgIpc) is 3.52. The smallest absolute Gasteiger partial charge is 0.252 e. The van der Waals surface area contributed by atoms with E-state index in [1.165, 1.54) is 12.1 Å². The Bertz CT molecular complexity index is 1100. The quantitative estimate of drug-likeness (QED) is 0.648. The molecule has 4 heterocycles. The van der Waals surface area contributed by atoms with Crippen LogP contribution >= 0.6 is 0 Å². The average molecular weight is 433 g/mol. The zero-order valence-electron chi connectivity index (χ0n) is 17.6. The second kappa shape index (κ2) is 9.00. The number of anilines is 2. The minimum atomic E-state index is -0.371. The zero-order valence-corrected chi connectivity index (χ0v) is 17.6. The summed E-state index contributed by atoms with van der Waals surface area (Å²) in [6.07, 6.45) is 6.39. The van der Waals surface area contributed by atoms with Crippen LogP contribution in [0.1, 0.15) is 37.5 Å². The lowest BCUT2D eigenvalue weighted by Crippen LogP contribution is -2.39. The molecule has 0 unspecified atom stereocenters. The standard InChI is InChI=1S/C24H24FN5O2/c25-17-4-1-5-18(14-17)27-22-15-19(16-8-10-26-11-9-16)28-23(29-22)20-6-2-12-30(20)24(31)21-7-3-13-32-21/h1,4-5,8-11,14-15,20-21H,2-3,6-7,12-13H2,(H,27,28,29)/t20-,21-/m1/s1. The van der Waals surface area contributed by atoms with E-state index in [0.29, 0.717) is 36.2 Å². The minimum Gasteiger partial charge on any atom is -0.368 e. The van der Waals surface area contributed by atoms with Crippen LogP contribution in [0.25, 0.3) is 11.3 Å². The molecule has 32 heavy (non-hydrogen) atoms. The van der Waals surface area contributed by atoms with Gasteiger partial charge in [-0.15, -0.1) is 0 Å². The molecule has 0 aliphatic carbocycles. The van der Waals surface area contributed by atoms with E-state index in [0.717, 1.165) is 31.2 Å². The molecular weight excluding hydrogens is 409 g/mol. The van der Waals surface area contributed by atoms with Crippen LogP contribution in [0.3, 0.4) is 0 Å². The highest BCUT2D eigenvalue weighted by Gasteiger charge is 2.37. The van der Waals surface area contributed by atoms with Crippen LogP contribution < -0.4 is 5.32 Å². The number of nitrogens with zero attached hydrogens (tertiary/aromatic N) is 4. The molecule has 1 aromatic carbocycles. The van der Waals surface area contributed by atoms with E-state index in [2.05, 4.69) is 10.3 Å². The van der Waals surface area contributed by atoms with Gasteiger partial charge < -0.3 is 15.0 Å². The summed E-state index contributed by atoms with van der Waals surface area (Å²) in [5, 5.41) is 3.18. The van der Waals surface area contributed by atoms with Crippen molar-refractivity contribution >= 4 is 17.4 Å². The SMILES string of the molecule is O=C([C@H]1CCCO1)N1CCC[C@@H]1c1nc(Nc2cccc(F)c2)cc(-c2ccncc2)n1. The Balaban J connectivity index is 1.51. The molecule has 2 atom stereocenters. The maximum Gasteiger partial charge on any atom is 0.252 e. The summed E-state index contributed by atoms with van der Waals surface area (Å²) < 4.78 is 19.3. The van der Waals surface area contributed by atoms with Crippen molar-refractivity contribution in [3.63, 3.8) is 0 Å². The van der Waals surface area contributed by atoms with Crippen molar-refractivity contribution in [3.8, 4) is 11.3 Å². The number of pyridine rings is 1. The van der Waals surface area contributed by atoms with Crippen molar-refractivity contribution in [2.24, 2.45) is 0 Å². The van der Waals surface area contributed by atoms with Crippen molar-refractivity contribution in [1.82, 2.24) is 19.9 Å². The summed E-state index contributed by atoms with van der Waals surface area (Å²) in [5.41, 5.74) is 2.20. The molecule has 164 valence electrons. The van der Waals surface area contributed by atoms with Gasteiger partial charge in [0.2, 0.25) is 0 Å². The molecule has 1 N–H and O–H groups in total. The number of carbonyl (C=O) groups excluding carboxylic acids is 1. The fraction of sp³-hybridized carbons (Fsp3) is 0.333. The summed E-state index contributed by atoms with van der Waals surface area (Å²) in [5.74, 6) is 0.802. The summed E-state index contributed by atoms with van der Waals surface area (Å²) in [6.45, 7) is 1.30. The van der Waals surface area contributed by atoms with Crippen LogP contribution in [0.2, 0.25) is 0 Å². The van der Waals surface area contributed by atoms with E-state index in [1.54, 1.807) is 24.5 Å². The number of benzene rings is 1. The molecular formula is C24H24FN5O2. The Morgan fingerprint density at radius 2 is 1.97 bits per heavy atom. The van der Waals surface area contributed by atoms with Gasteiger partial charge in [0.15, 0.2) is 5.82 Å². The Labute approximate surface area is 185 Å². The van der Waals surface area contributed by atoms with Gasteiger partial charge in [-0.2, -0.15) is 0 Å². The lowest BCUT2D eigenvalue weighted by Gasteiger charge is -2.26. The summed E-state index contributed by atoms with van der Waals surface area (Å²) in [6, 6.07) is 11.6. The largest absolute Gasteiger partial charge is 0.368 e. The number of amides is 1. The molecule has 3 aromatic rings. The van der Waals surface area contributed by atoms with Gasteiger partial charge in [-0.25, -0.2) is 14.4 Å². The second-order valence-electron chi connectivity index (χ2n) is 8.06. The number of likely N-dealkylation sites (tertiary alicyclic amines) is 1. The van der Waals surface area contributed by atoms with Crippen LogP contribution in [0.15, 0.2) is 54.9 Å². The van der Waals surface area contributed by atoms with E-state index in [-0.39, 0.29) is 23.9 Å². The molecule has 5 rings (SSSR count). The van der Waals surface area contributed by atoms with Gasteiger partial charge in [-0.3, -0.25) is 9.78 Å². The van der Waals surface area contributed by atoms with Gasteiger partial charge in [0.1, 0.15) is 17.7 Å². The predicted molar refractivity (Wildman–Crippen MR) is 118 cm³/mol. The molecule has 2 aliphatic rings. The highest BCUT2D eigenvalue weighted by molar-refractivity contribution is 5.82. The Morgan fingerprint density at radius 1 is 1.09 bits per heavy atom. The number of hydrogen-bond donors (Lipinski definition) is 1. The van der Waals surface area contributed by atoms with Crippen molar-refractivity contribution < 1.29 is 13.9 Å². The third-order valence-corrected chi connectivity index (χ3v) is 5.86. The number of hydrogen-bond acceptors (Lipinski definition) is 6. The first-order valence-electron chi connectivity index (χ1n) is 10.9. The molecule has 0 bridgehead atoms. The summed E-state index contributed by atoms with van der Waals surface area (Å²) >= 11 is 0. The van der Waals surface area contributed by atoms with Gasteiger partial charge in [0.05, 0.1) is 11.7 Å². The van der Waals surface area contributed by atoms with Crippen LogP contribution in [-0.2, 0) is 9.53 Å². The van der Waals surface area contributed by atoms with Crippen LogP contribution in [0.5, 0.6) is 0 Å². The third kappa shape index (κ3) is 4.31. The number of halogens is 1. The van der Waals surface area contributed by atoms with Crippen molar-refractivity contribution in [1.29, 1.82) is 0 Å². The fourth-order valence-electron chi connectivity index (χ4n) is 4.32. The highest BCUT2D eigenvalue weighted by atomic mass is 19.1. The van der Waals surface area contributed by atoms with Crippen LogP contribution in [-0.4, -0.2) is 45.0 Å². The normalized spacial score (nSPS) is 20.5. The van der Waals surface area contributed by atoms with E-state index < -0.39 is 0 Å². The zero-order chi connectivity index (χ0) is 21.9. The lowest BCUT2D eigenvalue weighted by molar-refractivity contribution is -0.142. The van der Waals surface area contributed by atoms with E-state index >= 15 is 0 Å². The molecule has 0 spiro atoms. The molecule has 1 amide bonds. The summed E-state index contributed by atoms with van der Waals surface area (Å²) in [7, 11) is 0. The van der Waals surface area contributed by atoms with E-state index in [4.69, 9.17) is 14.7 Å². The molecule has 2 saturated heterocycles. The Kier molecular flexibility index (Phi) is 5.77. The lowest BCUT2D eigenvalue weighted by atomic mass is 10.1. The van der Waals surface area contributed by atoms with Crippen LogP contribution in [0, 0.1) is 5.82 Å². The first kappa shape index (κ1) is 20.5. The maximum absolute atomic E-state index is 13.7. The first-order chi connectivity index (χ1) is 15.7. The molecule has 2 aliphatic heterocycles. The Morgan fingerprint density at radius 3 is 2.75 bits per heavy atom. The highest BCUT2D eigenvalue weighted by Crippen LogP contribution is 2.34. The van der Waals surface area contributed by atoms with Crippen LogP contribution in [0.4, 0.5) is 15.9 Å². The fourth-order valence-corrected chi connectivity index (χ4v) is 4.32. The number of nitrogens with one attached hydrogen (secondary N) is 1. The monoisotopic (exact) mass is 433 g/mol. The second-order valence-corrected chi connectivity index (χ2v) is 8.06. The molecule has 2 fully saturated rings. The van der Waals surface area contributed by atoms with Gasteiger partial charge in [0, 0.05) is 42.9 Å². The molecule has 7 nitrogen and oxygen atoms in total.